The van der Waals surface area contributed by atoms with Crippen LogP contribution in [0.2, 0.25) is 0 Å². The minimum absolute atomic E-state index is 0.0195. The molecule has 0 aromatic heterocycles. The first-order valence-electron chi connectivity index (χ1n) is 9.26. The Hall–Kier alpha value is -3.69. The molecule has 1 aromatic rings. The molecule has 1 atom stereocenters. The van der Waals surface area contributed by atoms with Crippen LogP contribution >= 0.6 is 0 Å². The summed E-state index contributed by atoms with van der Waals surface area (Å²) in [5.41, 5.74) is 0.776. The fraction of sp³-hybridized carbons (Fsp3) is 0.350. The van der Waals surface area contributed by atoms with Gasteiger partial charge in [0.25, 0.3) is 11.8 Å². The lowest BCUT2D eigenvalue weighted by Gasteiger charge is -2.19. The van der Waals surface area contributed by atoms with E-state index in [9.17, 15) is 24.0 Å². The first-order valence-corrected chi connectivity index (χ1v) is 9.26. The standard InChI is InChI=1S/C20H23N3O7/c1-29-18(26)12-21-19(27)15(8-5-11-23-16(24)9-10-17(23)25)22-20(28)30-13-14-6-3-2-4-7-14/h2-4,6-7,9-10,15H,5,8,11-13H2,1H3,(H,21,27)(H,22,28)/t15-/m0/s1. The number of nitrogens with zero attached hydrogens (tertiary/aromatic N) is 1. The van der Waals surface area contributed by atoms with Crippen LogP contribution in [-0.2, 0) is 35.3 Å². The number of esters is 1. The number of amides is 4. The molecular weight excluding hydrogens is 394 g/mol. The van der Waals surface area contributed by atoms with Crippen molar-refractivity contribution in [1.82, 2.24) is 15.5 Å². The maximum Gasteiger partial charge on any atom is 0.408 e. The highest BCUT2D eigenvalue weighted by Crippen LogP contribution is 2.08. The Morgan fingerprint density at radius 3 is 2.37 bits per heavy atom. The van der Waals surface area contributed by atoms with E-state index in [4.69, 9.17) is 4.74 Å². The lowest BCUT2D eigenvalue weighted by atomic mass is 10.1. The first kappa shape index (κ1) is 22.6. The Morgan fingerprint density at radius 1 is 1.07 bits per heavy atom. The number of benzene rings is 1. The molecule has 1 heterocycles. The van der Waals surface area contributed by atoms with Crippen molar-refractivity contribution in [1.29, 1.82) is 0 Å². The van der Waals surface area contributed by atoms with Gasteiger partial charge in [-0.05, 0) is 18.4 Å². The number of hydrogen-bond acceptors (Lipinski definition) is 7. The molecule has 4 amide bonds. The van der Waals surface area contributed by atoms with Crippen LogP contribution in [0, 0.1) is 0 Å². The molecule has 0 bridgehead atoms. The van der Waals surface area contributed by atoms with E-state index >= 15 is 0 Å². The molecule has 30 heavy (non-hydrogen) atoms. The molecule has 0 unspecified atom stereocenters. The van der Waals surface area contributed by atoms with Gasteiger partial charge in [0.2, 0.25) is 5.91 Å². The molecule has 0 fully saturated rings. The van der Waals surface area contributed by atoms with E-state index in [1.54, 1.807) is 24.3 Å². The van der Waals surface area contributed by atoms with Crippen LogP contribution in [0.25, 0.3) is 0 Å². The summed E-state index contributed by atoms with van der Waals surface area (Å²) in [6, 6.07) is 7.97. The normalized spacial score (nSPS) is 13.7. The number of carbonyl (C=O) groups is 5. The second kappa shape index (κ2) is 11.3. The van der Waals surface area contributed by atoms with Crippen molar-refractivity contribution in [2.24, 2.45) is 0 Å². The van der Waals surface area contributed by atoms with Gasteiger partial charge in [-0.25, -0.2) is 4.79 Å². The fourth-order valence-corrected chi connectivity index (χ4v) is 2.64. The zero-order chi connectivity index (χ0) is 21.9. The quantitative estimate of drug-likeness (QED) is 0.413. The number of hydrogen-bond donors (Lipinski definition) is 2. The number of carbonyl (C=O) groups excluding carboxylic acids is 5. The molecule has 10 nitrogen and oxygen atoms in total. The molecule has 0 saturated heterocycles. The first-order chi connectivity index (χ1) is 14.4. The van der Waals surface area contributed by atoms with Crippen molar-refractivity contribution in [3.63, 3.8) is 0 Å². The predicted octanol–water partition coefficient (Wildman–Crippen LogP) is 0.276. The summed E-state index contributed by atoms with van der Waals surface area (Å²) < 4.78 is 9.59. The van der Waals surface area contributed by atoms with E-state index in [2.05, 4.69) is 15.4 Å². The van der Waals surface area contributed by atoms with Gasteiger partial charge in [-0.1, -0.05) is 30.3 Å². The molecule has 1 aliphatic heterocycles. The lowest BCUT2D eigenvalue weighted by molar-refractivity contribution is -0.141. The van der Waals surface area contributed by atoms with Gasteiger partial charge < -0.3 is 20.1 Å². The number of nitrogens with one attached hydrogen (secondary N) is 2. The van der Waals surface area contributed by atoms with Crippen LogP contribution in [0.5, 0.6) is 0 Å². The average Bonchev–Trinajstić information content (AvgIpc) is 3.07. The van der Waals surface area contributed by atoms with Crippen LogP contribution in [0.4, 0.5) is 4.79 Å². The van der Waals surface area contributed by atoms with Gasteiger partial charge in [0.1, 0.15) is 19.2 Å². The molecule has 0 saturated carbocycles. The molecule has 10 heteroatoms. The minimum Gasteiger partial charge on any atom is -0.468 e. The Morgan fingerprint density at radius 2 is 1.73 bits per heavy atom. The minimum atomic E-state index is -1.03. The van der Waals surface area contributed by atoms with Gasteiger partial charge in [-0.15, -0.1) is 0 Å². The van der Waals surface area contributed by atoms with Gasteiger partial charge >= 0.3 is 12.1 Å². The third-order valence-electron chi connectivity index (χ3n) is 4.23. The highest BCUT2D eigenvalue weighted by Gasteiger charge is 2.25. The van der Waals surface area contributed by atoms with Crippen molar-refractivity contribution in [3.05, 3.63) is 48.0 Å². The second-order valence-corrected chi connectivity index (χ2v) is 6.36. The summed E-state index contributed by atoms with van der Waals surface area (Å²) in [6.45, 7) is -0.253. The number of imide groups is 1. The van der Waals surface area contributed by atoms with Gasteiger partial charge in [0, 0.05) is 18.7 Å². The average molecular weight is 417 g/mol. The van der Waals surface area contributed by atoms with E-state index in [0.29, 0.717) is 0 Å². The summed E-state index contributed by atoms with van der Waals surface area (Å²) in [5, 5.41) is 4.81. The maximum absolute atomic E-state index is 12.4. The molecular formula is C20H23N3O7. The van der Waals surface area contributed by atoms with Crippen LogP contribution in [0.15, 0.2) is 42.5 Å². The van der Waals surface area contributed by atoms with Crippen LogP contribution in [-0.4, -0.2) is 60.9 Å². The van der Waals surface area contributed by atoms with Crippen molar-refractivity contribution in [3.8, 4) is 0 Å². The molecule has 0 radical (unpaired) electrons. The SMILES string of the molecule is COC(=O)CNC(=O)[C@H](CCCN1C(=O)C=CC1=O)NC(=O)OCc1ccccc1. The predicted molar refractivity (Wildman–Crippen MR) is 104 cm³/mol. The summed E-state index contributed by atoms with van der Waals surface area (Å²) in [6.07, 6.45) is 1.90. The van der Waals surface area contributed by atoms with Crippen molar-refractivity contribution in [2.45, 2.75) is 25.5 Å². The highest BCUT2D eigenvalue weighted by atomic mass is 16.5. The van der Waals surface area contributed by atoms with Gasteiger partial charge in [-0.3, -0.25) is 24.1 Å². The van der Waals surface area contributed by atoms with E-state index in [1.165, 1.54) is 19.3 Å². The van der Waals surface area contributed by atoms with E-state index < -0.39 is 35.8 Å². The summed E-state index contributed by atoms with van der Waals surface area (Å²) in [5.74, 6) is -2.12. The number of methoxy groups -OCH3 is 1. The van der Waals surface area contributed by atoms with Gasteiger partial charge in [0.15, 0.2) is 0 Å². The molecule has 2 N–H and O–H groups in total. The molecule has 160 valence electrons. The Kier molecular flexibility index (Phi) is 8.55. The van der Waals surface area contributed by atoms with Crippen molar-refractivity contribution < 1.29 is 33.4 Å². The third-order valence-corrected chi connectivity index (χ3v) is 4.23. The van der Waals surface area contributed by atoms with E-state index in [-0.39, 0.29) is 32.5 Å². The molecule has 0 aliphatic carbocycles. The van der Waals surface area contributed by atoms with E-state index in [1.807, 2.05) is 6.07 Å². The zero-order valence-electron chi connectivity index (χ0n) is 16.5. The monoisotopic (exact) mass is 417 g/mol. The Balaban J connectivity index is 1.89. The number of alkyl carbamates (subject to hydrolysis) is 1. The Labute approximate surface area is 173 Å². The molecule has 1 aromatic carbocycles. The smallest absolute Gasteiger partial charge is 0.408 e. The van der Waals surface area contributed by atoms with E-state index in [0.717, 1.165) is 10.5 Å². The van der Waals surface area contributed by atoms with Crippen LogP contribution < -0.4 is 10.6 Å². The summed E-state index contributed by atoms with van der Waals surface area (Å²) in [4.78, 5) is 60.0. The van der Waals surface area contributed by atoms with Gasteiger partial charge in [0.05, 0.1) is 7.11 Å². The second-order valence-electron chi connectivity index (χ2n) is 6.36. The zero-order valence-corrected chi connectivity index (χ0v) is 16.5. The molecule has 0 spiro atoms. The van der Waals surface area contributed by atoms with Crippen molar-refractivity contribution in [2.75, 3.05) is 20.2 Å². The van der Waals surface area contributed by atoms with Crippen LogP contribution in [0.1, 0.15) is 18.4 Å². The molecule has 1 aliphatic rings. The molecule has 2 rings (SSSR count). The topological polar surface area (TPSA) is 131 Å². The summed E-state index contributed by atoms with van der Waals surface area (Å²) in [7, 11) is 1.18. The van der Waals surface area contributed by atoms with Gasteiger partial charge in [-0.2, -0.15) is 0 Å². The Bertz CT molecular complexity index is 805. The lowest BCUT2D eigenvalue weighted by Crippen LogP contribution is -2.48. The highest BCUT2D eigenvalue weighted by molar-refractivity contribution is 6.12. The largest absolute Gasteiger partial charge is 0.468 e. The van der Waals surface area contributed by atoms with Crippen LogP contribution in [0.3, 0.4) is 0 Å². The van der Waals surface area contributed by atoms with Crippen molar-refractivity contribution >= 4 is 29.8 Å². The third kappa shape index (κ3) is 7.04. The number of ether oxygens (including phenoxy) is 2. The summed E-state index contributed by atoms with van der Waals surface area (Å²) >= 11 is 0. The maximum atomic E-state index is 12.4. The fourth-order valence-electron chi connectivity index (χ4n) is 2.64. The number of rotatable bonds is 10.